The normalized spacial score (nSPS) is 28.8. The van der Waals surface area contributed by atoms with Crippen molar-refractivity contribution in [3.63, 3.8) is 0 Å². The number of carbonyl (C=O) groups is 1. The number of nitrogens with zero attached hydrogens (tertiary/aromatic N) is 1. The third-order valence-corrected chi connectivity index (χ3v) is 3.12. The zero-order chi connectivity index (χ0) is 9.97. The Labute approximate surface area is 85.4 Å². The molecule has 0 bridgehead atoms. The molecule has 2 fully saturated rings. The average Bonchev–Trinajstić information content (AvgIpc) is 3.01. The monoisotopic (exact) mass is 197 g/mol. The summed E-state index contributed by atoms with van der Waals surface area (Å²) in [5, 5.41) is 0. The number of piperidine rings is 1. The molecule has 0 spiro atoms. The van der Waals surface area contributed by atoms with E-state index in [1.807, 2.05) is 6.92 Å². The van der Waals surface area contributed by atoms with Gasteiger partial charge in [0.25, 0.3) is 0 Å². The third kappa shape index (κ3) is 2.08. The fraction of sp³-hybridized carbons (Fsp3) is 0.909. The number of likely N-dealkylation sites (tertiary alicyclic amines) is 1. The molecule has 1 saturated heterocycles. The Bertz CT molecular complexity index is 213. The van der Waals surface area contributed by atoms with Gasteiger partial charge in [-0.1, -0.05) is 6.42 Å². The standard InChI is InChI=1S/C11H19NO2/c1-2-14-11(13)10-5-3-4-8-12(10)9-6-7-9/h9-10H,2-8H2,1H3. The van der Waals surface area contributed by atoms with Crippen molar-refractivity contribution in [2.45, 2.75) is 51.1 Å². The van der Waals surface area contributed by atoms with Crippen LogP contribution in [0.25, 0.3) is 0 Å². The minimum atomic E-state index is -0.000833. The van der Waals surface area contributed by atoms with Crippen molar-refractivity contribution in [1.29, 1.82) is 0 Å². The molecule has 1 aliphatic heterocycles. The number of hydrogen-bond acceptors (Lipinski definition) is 3. The number of esters is 1. The third-order valence-electron chi connectivity index (χ3n) is 3.12. The first-order chi connectivity index (χ1) is 6.83. The molecule has 0 amide bonds. The highest BCUT2D eigenvalue weighted by atomic mass is 16.5. The predicted octanol–water partition coefficient (Wildman–Crippen LogP) is 1.57. The molecule has 0 aromatic heterocycles. The van der Waals surface area contributed by atoms with Gasteiger partial charge in [0, 0.05) is 6.04 Å². The van der Waals surface area contributed by atoms with Crippen LogP contribution in [0.5, 0.6) is 0 Å². The first kappa shape index (κ1) is 9.97. The molecule has 0 aromatic carbocycles. The van der Waals surface area contributed by atoms with Crippen molar-refractivity contribution in [3.8, 4) is 0 Å². The second-order valence-electron chi connectivity index (χ2n) is 4.23. The van der Waals surface area contributed by atoms with Gasteiger partial charge in [-0.05, 0) is 39.2 Å². The lowest BCUT2D eigenvalue weighted by atomic mass is 10.0. The predicted molar refractivity (Wildman–Crippen MR) is 54.0 cm³/mol. The minimum Gasteiger partial charge on any atom is -0.465 e. The van der Waals surface area contributed by atoms with Crippen LogP contribution in [-0.4, -0.2) is 36.1 Å². The molecule has 1 heterocycles. The molecule has 0 aromatic rings. The van der Waals surface area contributed by atoms with Crippen molar-refractivity contribution in [2.75, 3.05) is 13.2 Å². The molecule has 2 aliphatic rings. The van der Waals surface area contributed by atoms with Crippen molar-refractivity contribution < 1.29 is 9.53 Å². The Hall–Kier alpha value is -0.570. The lowest BCUT2D eigenvalue weighted by molar-refractivity contribution is -0.151. The maximum atomic E-state index is 11.7. The van der Waals surface area contributed by atoms with Gasteiger partial charge in [0.2, 0.25) is 0 Å². The summed E-state index contributed by atoms with van der Waals surface area (Å²) < 4.78 is 5.11. The maximum Gasteiger partial charge on any atom is 0.323 e. The molecule has 1 aliphatic carbocycles. The summed E-state index contributed by atoms with van der Waals surface area (Å²) in [6, 6.07) is 0.751. The molecule has 14 heavy (non-hydrogen) atoms. The molecule has 80 valence electrons. The Morgan fingerprint density at radius 2 is 2.14 bits per heavy atom. The molecule has 0 N–H and O–H groups in total. The summed E-state index contributed by atoms with van der Waals surface area (Å²) in [5.74, 6) is -0.000833. The lowest BCUT2D eigenvalue weighted by Crippen LogP contribution is -2.46. The Morgan fingerprint density at radius 3 is 2.79 bits per heavy atom. The molecule has 0 radical (unpaired) electrons. The second kappa shape index (κ2) is 4.30. The second-order valence-corrected chi connectivity index (χ2v) is 4.23. The number of carbonyl (C=O) groups excluding carboxylic acids is 1. The largest absolute Gasteiger partial charge is 0.465 e. The van der Waals surface area contributed by atoms with Gasteiger partial charge in [-0.15, -0.1) is 0 Å². The van der Waals surface area contributed by atoms with Crippen LogP contribution in [0.4, 0.5) is 0 Å². The molecule has 3 nitrogen and oxygen atoms in total. The molecule has 1 unspecified atom stereocenters. The van der Waals surface area contributed by atoms with Crippen molar-refractivity contribution in [2.24, 2.45) is 0 Å². The smallest absolute Gasteiger partial charge is 0.323 e. The molecule has 1 atom stereocenters. The van der Waals surface area contributed by atoms with E-state index in [-0.39, 0.29) is 12.0 Å². The molecular formula is C11H19NO2. The van der Waals surface area contributed by atoms with Crippen molar-refractivity contribution >= 4 is 5.97 Å². The molecule has 2 rings (SSSR count). The fourth-order valence-electron chi connectivity index (χ4n) is 2.29. The van der Waals surface area contributed by atoms with Crippen LogP contribution < -0.4 is 0 Å². The summed E-state index contributed by atoms with van der Waals surface area (Å²) in [7, 11) is 0. The fourth-order valence-corrected chi connectivity index (χ4v) is 2.29. The van der Waals surface area contributed by atoms with E-state index in [2.05, 4.69) is 4.90 Å². The zero-order valence-corrected chi connectivity index (χ0v) is 8.87. The van der Waals surface area contributed by atoms with Gasteiger partial charge in [-0.25, -0.2) is 0 Å². The van der Waals surface area contributed by atoms with Gasteiger partial charge in [0.05, 0.1) is 6.61 Å². The highest BCUT2D eigenvalue weighted by Crippen LogP contribution is 2.32. The van der Waals surface area contributed by atoms with Crippen LogP contribution >= 0.6 is 0 Å². The van der Waals surface area contributed by atoms with Gasteiger partial charge >= 0.3 is 5.97 Å². The Balaban J connectivity index is 1.94. The van der Waals surface area contributed by atoms with E-state index in [0.717, 1.165) is 13.0 Å². The van der Waals surface area contributed by atoms with Gasteiger partial charge in [-0.3, -0.25) is 9.69 Å². The topological polar surface area (TPSA) is 29.5 Å². The highest BCUT2D eigenvalue weighted by molar-refractivity contribution is 5.76. The summed E-state index contributed by atoms with van der Waals surface area (Å²) in [6.07, 6.45) is 5.96. The summed E-state index contributed by atoms with van der Waals surface area (Å²) in [6.45, 7) is 3.48. The van der Waals surface area contributed by atoms with E-state index in [4.69, 9.17) is 4.74 Å². The number of ether oxygens (including phenoxy) is 1. The summed E-state index contributed by atoms with van der Waals surface area (Å²) in [5.41, 5.74) is 0. The lowest BCUT2D eigenvalue weighted by Gasteiger charge is -2.33. The van der Waals surface area contributed by atoms with E-state index in [9.17, 15) is 4.79 Å². The van der Waals surface area contributed by atoms with Gasteiger partial charge in [0.1, 0.15) is 6.04 Å². The van der Waals surface area contributed by atoms with Gasteiger partial charge in [-0.2, -0.15) is 0 Å². The van der Waals surface area contributed by atoms with E-state index in [1.165, 1.54) is 25.7 Å². The van der Waals surface area contributed by atoms with Crippen LogP contribution in [0.15, 0.2) is 0 Å². The van der Waals surface area contributed by atoms with Gasteiger partial charge in [0.15, 0.2) is 0 Å². The van der Waals surface area contributed by atoms with Crippen LogP contribution in [0, 0.1) is 0 Å². The highest BCUT2D eigenvalue weighted by Gasteiger charge is 2.38. The zero-order valence-electron chi connectivity index (χ0n) is 8.87. The van der Waals surface area contributed by atoms with Crippen LogP contribution in [0.3, 0.4) is 0 Å². The minimum absolute atomic E-state index is 0.000833. The van der Waals surface area contributed by atoms with Crippen LogP contribution in [0.1, 0.15) is 39.0 Å². The van der Waals surface area contributed by atoms with Crippen LogP contribution in [-0.2, 0) is 9.53 Å². The SMILES string of the molecule is CCOC(=O)C1CCCCN1C1CC1. The molecule has 1 saturated carbocycles. The van der Waals surface area contributed by atoms with Crippen molar-refractivity contribution in [3.05, 3.63) is 0 Å². The Kier molecular flexibility index (Phi) is 3.06. The molecular weight excluding hydrogens is 178 g/mol. The number of hydrogen-bond donors (Lipinski definition) is 0. The Morgan fingerprint density at radius 1 is 1.36 bits per heavy atom. The summed E-state index contributed by atoms with van der Waals surface area (Å²) in [4.78, 5) is 14.0. The molecule has 3 heteroatoms. The van der Waals surface area contributed by atoms with E-state index < -0.39 is 0 Å². The van der Waals surface area contributed by atoms with E-state index >= 15 is 0 Å². The summed E-state index contributed by atoms with van der Waals surface area (Å²) >= 11 is 0. The van der Waals surface area contributed by atoms with Gasteiger partial charge < -0.3 is 4.74 Å². The number of rotatable bonds is 3. The first-order valence-corrected chi connectivity index (χ1v) is 5.75. The first-order valence-electron chi connectivity index (χ1n) is 5.75. The van der Waals surface area contributed by atoms with E-state index in [0.29, 0.717) is 12.6 Å². The maximum absolute atomic E-state index is 11.7. The van der Waals surface area contributed by atoms with E-state index in [1.54, 1.807) is 0 Å². The average molecular weight is 197 g/mol. The van der Waals surface area contributed by atoms with Crippen LogP contribution in [0.2, 0.25) is 0 Å². The van der Waals surface area contributed by atoms with Crippen molar-refractivity contribution in [1.82, 2.24) is 4.90 Å². The quantitative estimate of drug-likeness (QED) is 0.643.